The van der Waals surface area contributed by atoms with Crippen LogP contribution in [0.5, 0.6) is 11.5 Å². The highest BCUT2D eigenvalue weighted by Gasteiger charge is 2.06. The maximum absolute atomic E-state index is 11.1. The zero-order chi connectivity index (χ0) is 11.8. The molecule has 0 aliphatic rings. The first kappa shape index (κ1) is 12.1. The van der Waals surface area contributed by atoms with Gasteiger partial charge < -0.3 is 14.2 Å². The highest BCUT2D eigenvalue weighted by molar-refractivity contribution is 5.71. The van der Waals surface area contributed by atoms with Crippen LogP contribution in [0.25, 0.3) is 0 Å². The molecular weight excluding hydrogens is 208 g/mol. The van der Waals surface area contributed by atoms with E-state index in [2.05, 4.69) is 6.58 Å². The largest absolute Gasteiger partial charge is 0.493 e. The quantitative estimate of drug-likeness (QED) is 0.544. The number of esters is 1. The van der Waals surface area contributed by atoms with Crippen LogP contribution in [0.2, 0.25) is 0 Å². The summed E-state index contributed by atoms with van der Waals surface area (Å²) >= 11 is 0. The fourth-order valence-electron chi connectivity index (χ4n) is 1.07. The first-order valence-electron chi connectivity index (χ1n) is 4.80. The Bertz CT molecular complexity index is 360. The number of carbonyl (C=O) groups is 1. The second-order valence-electron chi connectivity index (χ2n) is 2.91. The maximum Gasteiger partial charge on any atom is 0.344 e. The van der Waals surface area contributed by atoms with Crippen LogP contribution in [-0.2, 0) is 9.53 Å². The smallest absolute Gasteiger partial charge is 0.344 e. The lowest BCUT2D eigenvalue weighted by atomic mass is 10.3. The first-order chi connectivity index (χ1) is 7.77. The molecule has 0 unspecified atom stereocenters. The minimum Gasteiger partial charge on any atom is -0.493 e. The van der Waals surface area contributed by atoms with Gasteiger partial charge in [-0.3, -0.25) is 0 Å². The SMILES string of the molecule is C=CCOC(=O)COc1ccccc1OC. The summed E-state index contributed by atoms with van der Waals surface area (Å²) in [5.74, 6) is 0.658. The summed E-state index contributed by atoms with van der Waals surface area (Å²) in [4.78, 5) is 11.1. The van der Waals surface area contributed by atoms with Gasteiger partial charge in [-0.2, -0.15) is 0 Å². The Morgan fingerprint density at radius 1 is 1.38 bits per heavy atom. The van der Waals surface area contributed by atoms with E-state index in [0.29, 0.717) is 11.5 Å². The number of hydrogen-bond acceptors (Lipinski definition) is 4. The van der Waals surface area contributed by atoms with Gasteiger partial charge in [-0.1, -0.05) is 24.8 Å². The van der Waals surface area contributed by atoms with Gasteiger partial charge in [0.05, 0.1) is 7.11 Å². The van der Waals surface area contributed by atoms with Gasteiger partial charge in [0.1, 0.15) is 6.61 Å². The van der Waals surface area contributed by atoms with E-state index < -0.39 is 5.97 Å². The number of rotatable bonds is 6. The molecule has 0 saturated heterocycles. The number of carbonyl (C=O) groups excluding carboxylic acids is 1. The maximum atomic E-state index is 11.1. The van der Waals surface area contributed by atoms with Crippen LogP contribution in [0.3, 0.4) is 0 Å². The van der Waals surface area contributed by atoms with Crippen LogP contribution in [0.1, 0.15) is 0 Å². The van der Waals surface area contributed by atoms with E-state index in [1.165, 1.54) is 13.2 Å². The van der Waals surface area contributed by atoms with Crippen LogP contribution < -0.4 is 9.47 Å². The molecule has 0 fully saturated rings. The van der Waals surface area contributed by atoms with Gasteiger partial charge >= 0.3 is 5.97 Å². The molecule has 86 valence electrons. The monoisotopic (exact) mass is 222 g/mol. The van der Waals surface area contributed by atoms with Crippen LogP contribution in [-0.4, -0.2) is 26.3 Å². The molecule has 0 aliphatic carbocycles. The summed E-state index contributed by atoms with van der Waals surface area (Å²) in [5, 5.41) is 0. The number of methoxy groups -OCH3 is 1. The van der Waals surface area contributed by atoms with E-state index in [0.717, 1.165) is 0 Å². The molecule has 1 rings (SSSR count). The third-order valence-corrected chi connectivity index (χ3v) is 1.78. The molecule has 16 heavy (non-hydrogen) atoms. The van der Waals surface area contributed by atoms with Gasteiger partial charge in [0, 0.05) is 0 Å². The van der Waals surface area contributed by atoms with Crippen molar-refractivity contribution in [2.24, 2.45) is 0 Å². The topological polar surface area (TPSA) is 44.8 Å². The molecule has 0 aliphatic heterocycles. The van der Waals surface area contributed by atoms with Gasteiger partial charge in [0.25, 0.3) is 0 Å². The van der Waals surface area contributed by atoms with Gasteiger partial charge in [-0.25, -0.2) is 4.79 Å². The Labute approximate surface area is 94.4 Å². The van der Waals surface area contributed by atoms with Crippen molar-refractivity contribution in [2.75, 3.05) is 20.3 Å². The molecule has 0 N–H and O–H groups in total. The van der Waals surface area contributed by atoms with E-state index in [4.69, 9.17) is 14.2 Å². The standard InChI is InChI=1S/C12H14O4/c1-3-8-15-12(13)9-16-11-7-5-4-6-10(11)14-2/h3-7H,1,8-9H2,2H3. The normalized spacial score (nSPS) is 9.31. The molecule has 1 aromatic carbocycles. The molecule has 0 saturated carbocycles. The molecule has 0 atom stereocenters. The van der Waals surface area contributed by atoms with E-state index in [-0.39, 0.29) is 13.2 Å². The van der Waals surface area contributed by atoms with Crippen LogP contribution in [0.15, 0.2) is 36.9 Å². The third kappa shape index (κ3) is 3.65. The van der Waals surface area contributed by atoms with Crippen molar-refractivity contribution in [1.29, 1.82) is 0 Å². The number of hydrogen-bond donors (Lipinski definition) is 0. The molecule has 1 aromatic rings. The van der Waals surface area contributed by atoms with E-state index in [1.54, 1.807) is 18.2 Å². The Balaban J connectivity index is 2.47. The number of benzene rings is 1. The lowest BCUT2D eigenvalue weighted by Gasteiger charge is -2.09. The van der Waals surface area contributed by atoms with Crippen LogP contribution in [0, 0.1) is 0 Å². The third-order valence-electron chi connectivity index (χ3n) is 1.78. The van der Waals surface area contributed by atoms with Crippen molar-refractivity contribution >= 4 is 5.97 Å². The van der Waals surface area contributed by atoms with Crippen molar-refractivity contribution in [2.45, 2.75) is 0 Å². The number of para-hydroxylation sites is 2. The number of ether oxygens (including phenoxy) is 3. The van der Waals surface area contributed by atoms with E-state index >= 15 is 0 Å². The molecule has 0 heterocycles. The average molecular weight is 222 g/mol. The molecule has 0 bridgehead atoms. The zero-order valence-corrected chi connectivity index (χ0v) is 9.14. The van der Waals surface area contributed by atoms with Crippen molar-refractivity contribution < 1.29 is 19.0 Å². The summed E-state index contributed by atoms with van der Waals surface area (Å²) in [6.07, 6.45) is 1.50. The summed E-state index contributed by atoms with van der Waals surface area (Å²) in [5.41, 5.74) is 0. The second kappa shape index (κ2) is 6.50. The molecule has 4 heteroatoms. The minimum absolute atomic E-state index is 0.145. The van der Waals surface area contributed by atoms with E-state index in [9.17, 15) is 4.79 Å². The predicted octanol–water partition coefficient (Wildman–Crippen LogP) is 1.80. The Hall–Kier alpha value is -1.97. The Morgan fingerprint density at radius 2 is 2.06 bits per heavy atom. The summed E-state index contributed by atoms with van der Waals surface area (Å²) in [6, 6.07) is 7.10. The Morgan fingerprint density at radius 3 is 2.69 bits per heavy atom. The average Bonchev–Trinajstić information content (AvgIpc) is 2.34. The Kier molecular flexibility index (Phi) is 4.92. The minimum atomic E-state index is -0.439. The van der Waals surface area contributed by atoms with Gasteiger partial charge in [-0.15, -0.1) is 0 Å². The zero-order valence-electron chi connectivity index (χ0n) is 9.14. The molecule has 0 aromatic heterocycles. The lowest BCUT2D eigenvalue weighted by Crippen LogP contribution is -2.15. The predicted molar refractivity (Wildman–Crippen MR) is 59.6 cm³/mol. The fourth-order valence-corrected chi connectivity index (χ4v) is 1.07. The highest BCUT2D eigenvalue weighted by atomic mass is 16.6. The van der Waals surface area contributed by atoms with Crippen LogP contribution >= 0.6 is 0 Å². The molecule has 4 nitrogen and oxygen atoms in total. The summed E-state index contributed by atoms with van der Waals surface area (Å²) < 4.78 is 15.1. The van der Waals surface area contributed by atoms with Crippen molar-refractivity contribution in [3.05, 3.63) is 36.9 Å². The van der Waals surface area contributed by atoms with E-state index in [1.807, 2.05) is 6.07 Å². The van der Waals surface area contributed by atoms with Gasteiger partial charge in [0.2, 0.25) is 0 Å². The molecule has 0 amide bonds. The summed E-state index contributed by atoms with van der Waals surface area (Å²) in [7, 11) is 1.54. The lowest BCUT2D eigenvalue weighted by molar-refractivity contribution is -0.144. The van der Waals surface area contributed by atoms with Crippen molar-refractivity contribution in [1.82, 2.24) is 0 Å². The van der Waals surface area contributed by atoms with Gasteiger partial charge in [-0.05, 0) is 12.1 Å². The molecule has 0 spiro atoms. The molecule has 0 radical (unpaired) electrons. The van der Waals surface area contributed by atoms with Crippen molar-refractivity contribution in [3.63, 3.8) is 0 Å². The summed E-state index contributed by atoms with van der Waals surface area (Å²) in [6.45, 7) is 3.48. The second-order valence-corrected chi connectivity index (χ2v) is 2.91. The highest BCUT2D eigenvalue weighted by Crippen LogP contribution is 2.25. The first-order valence-corrected chi connectivity index (χ1v) is 4.80. The molecular formula is C12H14O4. The van der Waals surface area contributed by atoms with Crippen molar-refractivity contribution in [3.8, 4) is 11.5 Å². The van der Waals surface area contributed by atoms with Crippen LogP contribution in [0.4, 0.5) is 0 Å². The fraction of sp³-hybridized carbons (Fsp3) is 0.250. The van der Waals surface area contributed by atoms with Gasteiger partial charge in [0.15, 0.2) is 18.1 Å².